The summed E-state index contributed by atoms with van der Waals surface area (Å²) in [6, 6.07) is 6.59. The lowest BCUT2D eigenvalue weighted by Crippen LogP contribution is -2.00. The Kier molecular flexibility index (Phi) is 3.67. The predicted molar refractivity (Wildman–Crippen MR) is 79.6 cm³/mol. The van der Waals surface area contributed by atoms with Crippen molar-refractivity contribution in [2.24, 2.45) is 0 Å². The largest absolute Gasteiger partial charge is 0.466 e. The van der Waals surface area contributed by atoms with Crippen molar-refractivity contribution in [3.05, 3.63) is 57.5 Å². The fourth-order valence-corrected chi connectivity index (χ4v) is 3.83. The molecule has 0 spiro atoms. The molecule has 0 saturated heterocycles. The highest BCUT2D eigenvalue weighted by Gasteiger charge is 2.19. The molecule has 1 heterocycles. The molecular formula is C16H19BrO. The summed E-state index contributed by atoms with van der Waals surface area (Å²) in [5, 5.41) is 0. The van der Waals surface area contributed by atoms with E-state index in [9.17, 15) is 0 Å². The topological polar surface area (TPSA) is 13.1 Å². The summed E-state index contributed by atoms with van der Waals surface area (Å²) in [6.45, 7) is 10.5. The summed E-state index contributed by atoms with van der Waals surface area (Å²) in [5.74, 6) is 1.96. The Labute approximate surface area is 117 Å². The van der Waals surface area contributed by atoms with Crippen LogP contribution < -0.4 is 0 Å². The van der Waals surface area contributed by atoms with E-state index in [1.54, 1.807) is 0 Å². The number of hydrogen-bond acceptors (Lipinski definition) is 1. The van der Waals surface area contributed by atoms with E-state index in [4.69, 9.17) is 4.42 Å². The third kappa shape index (κ3) is 2.39. The van der Waals surface area contributed by atoms with Crippen LogP contribution in [0, 0.1) is 34.6 Å². The molecule has 96 valence electrons. The third-order valence-electron chi connectivity index (χ3n) is 3.34. The molecule has 0 aliphatic carbocycles. The summed E-state index contributed by atoms with van der Waals surface area (Å²) in [4.78, 5) is 0.204. The Morgan fingerprint density at radius 3 is 1.94 bits per heavy atom. The second kappa shape index (κ2) is 4.93. The molecule has 0 radical (unpaired) electrons. The van der Waals surface area contributed by atoms with Gasteiger partial charge in [0, 0.05) is 5.56 Å². The van der Waals surface area contributed by atoms with Crippen LogP contribution in [0.3, 0.4) is 0 Å². The van der Waals surface area contributed by atoms with Crippen LogP contribution in [-0.2, 0) is 0 Å². The lowest BCUT2D eigenvalue weighted by Gasteiger charge is -2.16. The van der Waals surface area contributed by atoms with Crippen LogP contribution in [0.15, 0.2) is 22.6 Å². The van der Waals surface area contributed by atoms with E-state index in [2.05, 4.69) is 54.9 Å². The molecule has 0 saturated carbocycles. The second-order valence-electron chi connectivity index (χ2n) is 5.04. The highest BCUT2D eigenvalue weighted by Crippen LogP contribution is 2.38. The standard InChI is InChI=1S/C16H19BrO/c1-9-6-10(2)15(11(3)7-9)16(17)14-8-12(4)18-13(14)5/h6-8,16H,1-5H3. The van der Waals surface area contributed by atoms with Crippen molar-refractivity contribution in [3.8, 4) is 0 Å². The van der Waals surface area contributed by atoms with Crippen LogP contribution >= 0.6 is 15.9 Å². The van der Waals surface area contributed by atoms with E-state index >= 15 is 0 Å². The molecular weight excluding hydrogens is 288 g/mol. The molecule has 0 N–H and O–H groups in total. The zero-order valence-electron chi connectivity index (χ0n) is 11.6. The summed E-state index contributed by atoms with van der Waals surface area (Å²) in [5.41, 5.74) is 6.54. The average Bonchev–Trinajstić information content (AvgIpc) is 2.56. The summed E-state index contributed by atoms with van der Waals surface area (Å²) in [7, 11) is 0. The fraction of sp³-hybridized carbons (Fsp3) is 0.375. The van der Waals surface area contributed by atoms with Gasteiger partial charge in [0.2, 0.25) is 0 Å². The van der Waals surface area contributed by atoms with E-state index in [1.807, 2.05) is 13.8 Å². The number of rotatable bonds is 2. The smallest absolute Gasteiger partial charge is 0.105 e. The molecule has 2 aromatic rings. The van der Waals surface area contributed by atoms with Gasteiger partial charge in [-0.1, -0.05) is 33.6 Å². The molecule has 2 rings (SSSR count). The van der Waals surface area contributed by atoms with E-state index in [-0.39, 0.29) is 4.83 Å². The van der Waals surface area contributed by atoms with Gasteiger partial charge in [-0.3, -0.25) is 0 Å². The number of benzene rings is 1. The monoisotopic (exact) mass is 306 g/mol. The number of furan rings is 1. The molecule has 1 aromatic heterocycles. The number of halogens is 1. The molecule has 18 heavy (non-hydrogen) atoms. The molecule has 0 fully saturated rings. The van der Waals surface area contributed by atoms with Crippen LogP contribution in [0.5, 0.6) is 0 Å². The van der Waals surface area contributed by atoms with Gasteiger partial charge < -0.3 is 4.42 Å². The average molecular weight is 307 g/mol. The second-order valence-corrected chi connectivity index (χ2v) is 5.96. The lowest BCUT2D eigenvalue weighted by atomic mass is 9.94. The maximum absolute atomic E-state index is 5.63. The van der Waals surface area contributed by atoms with Gasteiger partial charge in [0.1, 0.15) is 11.5 Å². The Morgan fingerprint density at radius 2 is 1.50 bits per heavy atom. The molecule has 1 unspecified atom stereocenters. The summed E-state index contributed by atoms with van der Waals surface area (Å²) in [6.07, 6.45) is 0. The number of alkyl halides is 1. The highest BCUT2D eigenvalue weighted by molar-refractivity contribution is 9.09. The number of hydrogen-bond donors (Lipinski definition) is 0. The molecule has 0 aliphatic heterocycles. The van der Waals surface area contributed by atoms with Crippen molar-refractivity contribution in [1.82, 2.24) is 0 Å². The Bertz CT molecular complexity index is 558. The van der Waals surface area contributed by atoms with Crippen LogP contribution in [0.2, 0.25) is 0 Å². The maximum atomic E-state index is 5.63. The lowest BCUT2D eigenvalue weighted by molar-refractivity contribution is 0.502. The van der Waals surface area contributed by atoms with Gasteiger partial charge in [0.15, 0.2) is 0 Å². The molecule has 0 bridgehead atoms. The van der Waals surface area contributed by atoms with Gasteiger partial charge in [-0.25, -0.2) is 0 Å². The third-order valence-corrected chi connectivity index (χ3v) is 4.29. The van der Waals surface area contributed by atoms with Crippen LogP contribution in [-0.4, -0.2) is 0 Å². The van der Waals surface area contributed by atoms with Crippen LogP contribution in [0.1, 0.15) is 44.2 Å². The summed E-state index contributed by atoms with van der Waals surface area (Å²) >= 11 is 3.82. The molecule has 0 amide bonds. The fourth-order valence-electron chi connectivity index (χ4n) is 2.65. The minimum Gasteiger partial charge on any atom is -0.466 e. The van der Waals surface area contributed by atoms with Crippen molar-refractivity contribution < 1.29 is 4.42 Å². The van der Waals surface area contributed by atoms with Gasteiger partial charge in [-0.2, -0.15) is 0 Å². The molecule has 0 aliphatic rings. The molecule has 2 heteroatoms. The quantitative estimate of drug-likeness (QED) is 0.686. The molecule has 1 atom stereocenters. The zero-order valence-corrected chi connectivity index (χ0v) is 13.2. The predicted octanol–water partition coefficient (Wildman–Crippen LogP) is 5.31. The van der Waals surface area contributed by atoms with Crippen LogP contribution in [0.4, 0.5) is 0 Å². The van der Waals surface area contributed by atoms with Crippen molar-refractivity contribution >= 4 is 15.9 Å². The Balaban J connectivity index is 2.52. The van der Waals surface area contributed by atoms with Gasteiger partial charge in [-0.05, 0) is 57.4 Å². The molecule has 1 nitrogen and oxygen atoms in total. The van der Waals surface area contributed by atoms with Crippen molar-refractivity contribution in [3.63, 3.8) is 0 Å². The van der Waals surface area contributed by atoms with Crippen molar-refractivity contribution in [2.75, 3.05) is 0 Å². The Hall–Kier alpha value is -1.02. The Morgan fingerprint density at radius 1 is 0.944 bits per heavy atom. The maximum Gasteiger partial charge on any atom is 0.105 e. The first kappa shape index (κ1) is 13.4. The number of aryl methyl sites for hydroxylation is 5. The van der Waals surface area contributed by atoms with Gasteiger partial charge in [-0.15, -0.1) is 0 Å². The first-order valence-electron chi connectivity index (χ1n) is 6.19. The van der Waals surface area contributed by atoms with E-state index in [0.29, 0.717) is 0 Å². The van der Waals surface area contributed by atoms with Gasteiger partial charge in [0.05, 0.1) is 4.83 Å². The minimum absolute atomic E-state index is 0.204. The first-order chi connectivity index (χ1) is 8.40. The molecule has 1 aromatic carbocycles. The van der Waals surface area contributed by atoms with Gasteiger partial charge >= 0.3 is 0 Å². The van der Waals surface area contributed by atoms with E-state index < -0.39 is 0 Å². The normalized spacial score (nSPS) is 12.8. The van der Waals surface area contributed by atoms with Crippen LogP contribution in [0.25, 0.3) is 0 Å². The van der Waals surface area contributed by atoms with E-state index in [0.717, 1.165) is 11.5 Å². The highest BCUT2D eigenvalue weighted by atomic mass is 79.9. The van der Waals surface area contributed by atoms with E-state index in [1.165, 1.54) is 27.8 Å². The van der Waals surface area contributed by atoms with Gasteiger partial charge in [0.25, 0.3) is 0 Å². The summed E-state index contributed by atoms with van der Waals surface area (Å²) < 4.78 is 5.63. The van der Waals surface area contributed by atoms with Crippen molar-refractivity contribution in [2.45, 2.75) is 39.4 Å². The SMILES string of the molecule is Cc1cc(C)c(C(Br)c2cc(C)oc2C)c(C)c1. The zero-order chi connectivity index (χ0) is 13.4. The van der Waals surface area contributed by atoms with Crippen molar-refractivity contribution in [1.29, 1.82) is 0 Å². The first-order valence-corrected chi connectivity index (χ1v) is 7.10. The minimum atomic E-state index is 0.204.